The summed E-state index contributed by atoms with van der Waals surface area (Å²) in [6.45, 7) is 0. The predicted octanol–water partition coefficient (Wildman–Crippen LogP) is 2.97. The minimum atomic E-state index is -2.62. The summed E-state index contributed by atoms with van der Waals surface area (Å²) in [7, 11) is -2.62. The maximum Gasteiger partial charge on any atom is 0.347 e. The zero-order chi connectivity index (χ0) is 15.0. The normalized spacial score (nSPS) is 10.2. The van der Waals surface area contributed by atoms with E-state index in [1.807, 2.05) is 24.3 Å². The van der Waals surface area contributed by atoms with Gasteiger partial charge in [-0.05, 0) is 43.4 Å². The van der Waals surface area contributed by atoms with E-state index in [1.165, 1.54) is 5.56 Å². The van der Waals surface area contributed by atoms with Gasteiger partial charge in [0.2, 0.25) is 10.3 Å². The number of unbranched alkanes of at least 4 members (excludes halogenated alkanes) is 3. The number of hydrogen-bond donors (Lipinski definition) is 1. The van der Waals surface area contributed by atoms with Crippen LogP contribution in [0.4, 0.5) is 0 Å². The number of halogens is 1. The molecule has 0 aliphatic heterocycles. The van der Waals surface area contributed by atoms with E-state index < -0.39 is 21.1 Å². The number of aliphatic carboxylic acids is 1. The lowest BCUT2D eigenvalue weighted by Gasteiger charge is -2.02. The molecule has 0 fully saturated rings. The minimum Gasteiger partial charge on any atom is -0.477 e. The van der Waals surface area contributed by atoms with Gasteiger partial charge in [0.05, 0.1) is 0 Å². The predicted molar refractivity (Wildman–Crippen MR) is 79.8 cm³/mol. The van der Waals surface area contributed by atoms with E-state index in [0.717, 1.165) is 30.7 Å². The molecule has 20 heavy (non-hydrogen) atoms. The van der Waals surface area contributed by atoms with Gasteiger partial charge in [-0.1, -0.05) is 36.6 Å². The van der Waals surface area contributed by atoms with Gasteiger partial charge < -0.3 is 5.11 Å². The van der Waals surface area contributed by atoms with Crippen LogP contribution in [-0.2, 0) is 21.5 Å². The highest BCUT2D eigenvalue weighted by Gasteiger charge is 2.10. The molecule has 1 aromatic carbocycles. The number of carbonyl (C=O) groups is 1. The summed E-state index contributed by atoms with van der Waals surface area (Å²) in [4.78, 5) is 10.2. The van der Waals surface area contributed by atoms with Gasteiger partial charge >= 0.3 is 5.97 Å². The molecule has 0 amide bonds. The summed E-state index contributed by atoms with van der Waals surface area (Å²) < 4.78 is 21.3. The van der Waals surface area contributed by atoms with E-state index in [9.17, 15) is 13.2 Å². The molecule has 0 spiro atoms. The fraction of sp³-hybridized carbons (Fsp3) is 0.429. The Morgan fingerprint density at radius 2 is 1.65 bits per heavy atom. The average molecular weight is 317 g/mol. The standard InChI is InChI=1S/C14H17ClO4S/c15-12-9-7-11(8-10-12)5-3-1-2-4-6-13(14(16)17)20(18)19/h7-10H,1-6H2,(H,16,17). The summed E-state index contributed by atoms with van der Waals surface area (Å²) >= 11 is 5.79. The van der Waals surface area contributed by atoms with Crippen LogP contribution in [0.1, 0.15) is 37.7 Å². The molecule has 4 nitrogen and oxygen atoms in total. The summed E-state index contributed by atoms with van der Waals surface area (Å²) in [5.41, 5.74) is 1.22. The Kier molecular flexibility index (Phi) is 7.33. The largest absolute Gasteiger partial charge is 0.477 e. The van der Waals surface area contributed by atoms with E-state index in [-0.39, 0.29) is 6.42 Å². The van der Waals surface area contributed by atoms with Crippen LogP contribution < -0.4 is 0 Å². The van der Waals surface area contributed by atoms with E-state index >= 15 is 0 Å². The topological polar surface area (TPSA) is 71.4 Å². The number of benzene rings is 1. The summed E-state index contributed by atoms with van der Waals surface area (Å²) in [6, 6.07) is 7.68. The minimum absolute atomic E-state index is 0.104. The van der Waals surface area contributed by atoms with E-state index in [0.29, 0.717) is 6.42 Å². The van der Waals surface area contributed by atoms with Crippen LogP contribution in [0.25, 0.3) is 0 Å². The molecule has 0 saturated carbocycles. The highest BCUT2D eigenvalue weighted by atomic mass is 35.5. The number of aryl methyl sites for hydroxylation is 1. The molecule has 0 unspecified atom stereocenters. The molecule has 0 atom stereocenters. The molecule has 0 aliphatic rings. The van der Waals surface area contributed by atoms with Gasteiger partial charge in [-0.25, -0.2) is 4.79 Å². The molecule has 0 aliphatic carbocycles. The van der Waals surface area contributed by atoms with Gasteiger partial charge in [-0.15, -0.1) is 0 Å². The van der Waals surface area contributed by atoms with Crippen molar-refractivity contribution in [3.8, 4) is 0 Å². The lowest BCUT2D eigenvalue weighted by atomic mass is 10.0. The van der Waals surface area contributed by atoms with Crippen molar-refractivity contribution in [1.82, 2.24) is 0 Å². The molecule has 110 valence electrons. The fourth-order valence-corrected chi connectivity index (χ4v) is 2.46. The van der Waals surface area contributed by atoms with Crippen molar-refractivity contribution < 1.29 is 18.3 Å². The number of carboxylic acids is 1. The molecule has 0 radical (unpaired) electrons. The van der Waals surface area contributed by atoms with Crippen molar-refractivity contribution in [3.05, 3.63) is 34.9 Å². The van der Waals surface area contributed by atoms with Gasteiger partial charge in [0.15, 0.2) is 4.86 Å². The second-order valence-electron chi connectivity index (χ2n) is 4.50. The number of hydrogen-bond acceptors (Lipinski definition) is 3. The number of rotatable bonds is 8. The first-order chi connectivity index (χ1) is 9.50. The van der Waals surface area contributed by atoms with Gasteiger partial charge in [-0.3, -0.25) is 0 Å². The lowest BCUT2D eigenvalue weighted by Crippen LogP contribution is -2.13. The summed E-state index contributed by atoms with van der Waals surface area (Å²) in [5, 5.41) is 9.40. The van der Waals surface area contributed by atoms with Gasteiger partial charge in [0.25, 0.3) is 0 Å². The molecule has 0 saturated heterocycles. The maximum atomic E-state index is 10.6. The second kappa shape index (κ2) is 8.76. The quantitative estimate of drug-likeness (QED) is 0.591. The Labute approximate surface area is 124 Å². The summed E-state index contributed by atoms with van der Waals surface area (Å²) in [5.74, 6) is -1.35. The molecule has 1 aromatic rings. The second-order valence-corrected chi connectivity index (χ2v) is 5.90. The Balaban J connectivity index is 2.21. The van der Waals surface area contributed by atoms with Crippen LogP contribution in [0.2, 0.25) is 5.02 Å². The SMILES string of the molecule is O=C(O)C(CCCCCCc1ccc(Cl)cc1)=S(=O)=O. The van der Waals surface area contributed by atoms with Crippen molar-refractivity contribution >= 4 is 32.7 Å². The third-order valence-electron chi connectivity index (χ3n) is 2.97. The molecule has 0 bridgehead atoms. The smallest absolute Gasteiger partial charge is 0.347 e. The third kappa shape index (κ3) is 6.21. The molecule has 0 aromatic heterocycles. The fourth-order valence-electron chi connectivity index (χ4n) is 1.88. The average Bonchev–Trinajstić information content (AvgIpc) is 2.39. The van der Waals surface area contributed by atoms with Crippen molar-refractivity contribution in [2.45, 2.75) is 38.5 Å². The maximum absolute atomic E-state index is 10.6. The van der Waals surface area contributed by atoms with Gasteiger partial charge in [-0.2, -0.15) is 8.42 Å². The van der Waals surface area contributed by atoms with Crippen LogP contribution in [-0.4, -0.2) is 24.4 Å². The monoisotopic (exact) mass is 316 g/mol. The molecular formula is C14H17ClO4S. The highest BCUT2D eigenvalue weighted by Crippen LogP contribution is 2.13. The summed E-state index contributed by atoms with van der Waals surface area (Å²) in [6.07, 6.45) is 4.38. The van der Waals surface area contributed by atoms with Crippen LogP contribution in [0.3, 0.4) is 0 Å². The molecule has 6 heteroatoms. The lowest BCUT2D eigenvalue weighted by molar-refractivity contribution is -0.129. The van der Waals surface area contributed by atoms with Crippen LogP contribution in [0, 0.1) is 0 Å². The molecule has 1 rings (SSSR count). The highest BCUT2D eigenvalue weighted by molar-refractivity contribution is 7.74. The molecular weight excluding hydrogens is 300 g/mol. The van der Waals surface area contributed by atoms with Crippen LogP contribution in [0.5, 0.6) is 0 Å². The first kappa shape index (κ1) is 16.7. The first-order valence-electron chi connectivity index (χ1n) is 6.43. The van der Waals surface area contributed by atoms with Crippen molar-refractivity contribution in [3.63, 3.8) is 0 Å². The van der Waals surface area contributed by atoms with Crippen LogP contribution in [0.15, 0.2) is 24.3 Å². The Morgan fingerprint density at radius 3 is 2.20 bits per heavy atom. The molecule has 1 N–H and O–H groups in total. The number of carboxylic acid groups (broad SMARTS) is 1. The van der Waals surface area contributed by atoms with Crippen LogP contribution >= 0.6 is 11.6 Å². The Bertz CT molecular complexity index is 568. The van der Waals surface area contributed by atoms with Gasteiger partial charge in [0.1, 0.15) is 0 Å². The van der Waals surface area contributed by atoms with Gasteiger partial charge in [0, 0.05) is 5.02 Å². The zero-order valence-electron chi connectivity index (χ0n) is 11.0. The van der Waals surface area contributed by atoms with Crippen molar-refractivity contribution in [2.24, 2.45) is 0 Å². The Morgan fingerprint density at radius 1 is 1.05 bits per heavy atom. The van der Waals surface area contributed by atoms with E-state index in [2.05, 4.69) is 0 Å². The first-order valence-corrected chi connectivity index (χ1v) is 7.89. The van der Waals surface area contributed by atoms with E-state index in [1.54, 1.807) is 0 Å². The third-order valence-corrected chi connectivity index (χ3v) is 4.01. The molecule has 0 heterocycles. The zero-order valence-corrected chi connectivity index (χ0v) is 12.6. The van der Waals surface area contributed by atoms with Crippen molar-refractivity contribution in [1.29, 1.82) is 0 Å². The van der Waals surface area contributed by atoms with E-state index in [4.69, 9.17) is 16.7 Å². The Hall–Kier alpha value is -1.33. The van der Waals surface area contributed by atoms with Crippen molar-refractivity contribution in [2.75, 3.05) is 0 Å².